The van der Waals surface area contributed by atoms with Gasteiger partial charge in [0.1, 0.15) is 0 Å². The summed E-state index contributed by atoms with van der Waals surface area (Å²) >= 11 is 0. The van der Waals surface area contributed by atoms with Crippen LogP contribution in [0.25, 0.3) is 0 Å². The maximum absolute atomic E-state index is 11.7. The summed E-state index contributed by atoms with van der Waals surface area (Å²) in [5, 5.41) is 3.51. The predicted molar refractivity (Wildman–Crippen MR) is 72.4 cm³/mol. The predicted octanol–water partition coefficient (Wildman–Crippen LogP) is 1.22. The van der Waals surface area contributed by atoms with E-state index in [0.29, 0.717) is 23.5 Å². The summed E-state index contributed by atoms with van der Waals surface area (Å²) in [6.45, 7) is 6.75. The van der Waals surface area contributed by atoms with Crippen molar-refractivity contribution in [1.29, 1.82) is 0 Å². The van der Waals surface area contributed by atoms with E-state index in [1.807, 2.05) is 0 Å². The van der Waals surface area contributed by atoms with Gasteiger partial charge in [0.25, 0.3) is 0 Å². The molecule has 2 rings (SSSR count). The van der Waals surface area contributed by atoms with Crippen molar-refractivity contribution in [2.45, 2.75) is 39.2 Å². The molecule has 2 aliphatic heterocycles. The molecule has 1 unspecified atom stereocenters. The number of hydrogen-bond acceptors (Lipinski definition) is 4. The molecule has 18 heavy (non-hydrogen) atoms. The van der Waals surface area contributed by atoms with Crippen LogP contribution in [0.3, 0.4) is 0 Å². The summed E-state index contributed by atoms with van der Waals surface area (Å²) < 4.78 is 28.9. The van der Waals surface area contributed by atoms with Crippen molar-refractivity contribution in [1.82, 2.24) is 5.32 Å². The highest BCUT2D eigenvalue weighted by Gasteiger charge is 2.45. The molecule has 0 aromatic rings. The molecule has 0 amide bonds. The maximum atomic E-state index is 11.7. The third-order valence-corrected chi connectivity index (χ3v) is 6.22. The number of ether oxygens (including phenoxy) is 1. The smallest absolute Gasteiger partial charge is 0.150 e. The molecule has 0 aromatic carbocycles. The molecule has 106 valence electrons. The number of rotatable bonds is 4. The fourth-order valence-electron chi connectivity index (χ4n) is 3.19. The molecule has 2 heterocycles. The zero-order chi connectivity index (χ0) is 13.2. The van der Waals surface area contributed by atoms with Crippen molar-refractivity contribution >= 4 is 9.84 Å². The van der Waals surface area contributed by atoms with Gasteiger partial charge in [0.05, 0.1) is 11.5 Å². The lowest BCUT2D eigenvalue weighted by atomic mass is 9.69. The van der Waals surface area contributed by atoms with Gasteiger partial charge in [-0.05, 0) is 30.6 Å². The lowest BCUT2D eigenvalue weighted by molar-refractivity contribution is -0.0132. The minimum absolute atomic E-state index is 0.131. The number of nitrogens with one attached hydrogen (secondary N) is 1. The Bertz CT molecular complexity index is 372. The molecule has 1 N–H and O–H groups in total. The third kappa shape index (κ3) is 3.25. The van der Waals surface area contributed by atoms with Crippen molar-refractivity contribution in [2.75, 3.05) is 31.3 Å². The molecular weight excluding hydrogens is 250 g/mol. The standard InChI is InChI=1S/C13H25NO3S/c1-11(2)14-10-13(4-6-17-7-5-13)12-3-8-18(15,16)9-12/h11-12,14H,3-10H2,1-2H3. The average molecular weight is 275 g/mol. The van der Waals surface area contributed by atoms with Crippen molar-refractivity contribution < 1.29 is 13.2 Å². The zero-order valence-electron chi connectivity index (χ0n) is 11.4. The van der Waals surface area contributed by atoms with Crippen LogP contribution in [0.4, 0.5) is 0 Å². The highest BCUT2D eigenvalue weighted by atomic mass is 32.2. The summed E-state index contributed by atoms with van der Waals surface area (Å²) in [4.78, 5) is 0. The van der Waals surface area contributed by atoms with Gasteiger partial charge in [-0.25, -0.2) is 8.42 Å². The Balaban J connectivity index is 2.09. The first-order chi connectivity index (χ1) is 8.44. The molecule has 0 bridgehead atoms. The van der Waals surface area contributed by atoms with Crippen LogP contribution in [0, 0.1) is 11.3 Å². The summed E-state index contributed by atoms with van der Waals surface area (Å²) in [6, 6.07) is 0.447. The van der Waals surface area contributed by atoms with Crippen LogP contribution in [0.5, 0.6) is 0 Å². The summed E-state index contributed by atoms with van der Waals surface area (Å²) in [5.41, 5.74) is 0.131. The lowest BCUT2D eigenvalue weighted by Crippen LogP contribution is -2.46. The number of hydrogen-bond donors (Lipinski definition) is 1. The van der Waals surface area contributed by atoms with E-state index >= 15 is 0 Å². The normalized spacial score (nSPS) is 30.7. The van der Waals surface area contributed by atoms with Crippen molar-refractivity contribution in [3.05, 3.63) is 0 Å². The van der Waals surface area contributed by atoms with Gasteiger partial charge >= 0.3 is 0 Å². The summed E-state index contributed by atoms with van der Waals surface area (Å²) in [5.74, 6) is 1.08. The quantitative estimate of drug-likeness (QED) is 0.838. The van der Waals surface area contributed by atoms with E-state index in [2.05, 4.69) is 19.2 Å². The third-order valence-electron chi connectivity index (χ3n) is 4.45. The van der Waals surface area contributed by atoms with Crippen LogP contribution >= 0.6 is 0 Å². The largest absolute Gasteiger partial charge is 0.381 e. The molecule has 0 radical (unpaired) electrons. The molecule has 1 atom stereocenters. The van der Waals surface area contributed by atoms with Crippen molar-refractivity contribution in [3.8, 4) is 0 Å². The van der Waals surface area contributed by atoms with E-state index in [1.165, 1.54) is 0 Å². The van der Waals surface area contributed by atoms with Crippen LogP contribution in [0.2, 0.25) is 0 Å². The van der Waals surface area contributed by atoms with Crippen molar-refractivity contribution in [2.24, 2.45) is 11.3 Å². The molecule has 2 fully saturated rings. The summed E-state index contributed by atoms with van der Waals surface area (Å²) in [7, 11) is -2.79. The zero-order valence-corrected chi connectivity index (χ0v) is 12.3. The van der Waals surface area contributed by atoms with Gasteiger partial charge < -0.3 is 10.1 Å². The fourth-order valence-corrected chi connectivity index (χ4v) is 5.14. The molecule has 0 saturated carbocycles. The second-order valence-electron chi connectivity index (χ2n) is 6.11. The lowest BCUT2D eigenvalue weighted by Gasteiger charge is -2.42. The van der Waals surface area contributed by atoms with E-state index in [0.717, 1.165) is 39.0 Å². The highest BCUT2D eigenvalue weighted by Crippen LogP contribution is 2.43. The van der Waals surface area contributed by atoms with Crippen molar-refractivity contribution in [3.63, 3.8) is 0 Å². The first kappa shape index (κ1) is 14.3. The molecule has 2 aliphatic rings. The highest BCUT2D eigenvalue weighted by molar-refractivity contribution is 7.91. The van der Waals surface area contributed by atoms with Crippen LogP contribution < -0.4 is 5.32 Å². The van der Waals surface area contributed by atoms with E-state index in [1.54, 1.807) is 0 Å². The van der Waals surface area contributed by atoms with Gasteiger partial charge in [0.2, 0.25) is 0 Å². The Morgan fingerprint density at radius 2 is 2.00 bits per heavy atom. The van der Waals surface area contributed by atoms with Crippen LogP contribution in [-0.2, 0) is 14.6 Å². The Morgan fingerprint density at radius 3 is 2.50 bits per heavy atom. The first-order valence-corrected chi connectivity index (χ1v) is 8.77. The topological polar surface area (TPSA) is 55.4 Å². The van der Waals surface area contributed by atoms with Crippen LogP contribution in [-0.4, -0.2) is 45.7 Å². The van der Waals surface area contributed by atoms with Gasteiger partial charge in [-0.2, -0.15) is 0 Å². The molecule has 4 nitrogen and oxygen atoms in total. The maximum Gasteiger partial charge on any atom is 0.150 e. The average Bonchev–Trinajstić information content (AvgIpc) is 2.69. The van der Waals surface area contributed by atoms with E-state index in [-0.39, 0.29) is 5.41 Å². The van der Waals surface area contributed by atoms with Gasteiger partial charge in [-0.15, -0.1) is 0 Å². The molecule has 2 saturated heterocycles. The monoisotopic (exact) mass is 275 g/mol. The summed E-state index contributed by atoms with van der Waals surface area (Å²) in [6.07, 6.45) is 2.82. The van der Waals surface area contributed by atoms with Gasteiger partial charge in [-0.3, -0.25) is 0 Å². The van der Waals surface area contributed by atoms with E-state index in [4.69, 9.17) is 4.74 Å². The molecule has 0 aliphatic carbocycles. The van der Waals surface area contributed by atoms with E-state index < -0.39 is 9.84 Å². The van der Waals surface area contributed by atoms with Gasteiger partial charge in [0, 0.05) is 25.8 Å². The molecular formula is C13H25NO3S. The van der Waals surface area contributed by atoms with Gasteiger partial charge in [-0.1, -0.05) is 13.8 Å². The molecule has 5 heteroatoms. The first-order valence-electron chi connectivity index (χ1n) is 6.95. The Hall–Kier alpha value is -0.130. The molecule has 0 aromatic heterocycles. The second kappa shape index (κ2) is 5.47. The van der Waals surface area contributed by atoms with Gasteiger partial charge in [0.15, 0.2) is 9.84 Å². The van der Waals surface area contributed by atoms with Crippen LogP contribution in [0.1, 0.15) is 33.1 Å². The Morgan fingerprint density at radius 1 is 1.33 bits per heavy atom. The fraction of sp³-hybridized carbons (Fsp3) is 1.00. The SMILES string of the molecule is CC(C)NCC1(C2CCS(=O)(=O)C2)CCOCC1. The molecule has 0 spiro atoms. The minimum Gasteiger partial charge on any atom is -0.381 e. The Kier molecular flexibility index (Phi) is 4.34. The second-order valence-corrected chi connectivity index (χ2v) is 8.34. The Labute approximate surface area is 110 Å². The minimum atomic E-state index is -2.79. The van der Waals surface area contributed by atoms with E-state index in [9.17, 15) is 8.42 Å². The number of sulfone groups is 1. The van der Waals surface area contributed by atoms with Crippen LogP contribution in [0.15, 0.2) is 0 Å².